The van der Waals surface area contributed by atoms with Gasteiger partial charge in [0.05, 0.1) is 16.7 Å². The van der Waals surface area contributed by atoms with Crippen molar-refractivity contribution in [3.8, 4) is 62.1 Å². The predicted octanol–water partition coefficient (Wildman–Crippen LogP) is 14.4. The van der Waals surface area contributed by atoms with E-state index in [1.807, 2.05) is 48.5 Å². The zero-order chi connectivity index (χ0) is 39.6. The number of hydrogen-bond donors (Lipinski definition) is 0. The van der Waals surface area contributed by atoms with Crippen molar-refractivity contribution in [2.75, 3.05) is 0 Å². The summed E-state index contributed by atoms with van der Waals surface area (Å²) in [5.41, 5.74) is 12.0. The van der Waals surface area contributed by atoms with Gasteiger partial charge in [0.1, 0.15) is 11.2 Å². The summed E-state index contributed by atoms with van der Waals surface area (Å²) < 4.78 is 8.65. The summed E-state index contributed by atoms with van der Waals surface area (Å²) in [6, 6.07) is 72.4. The molecular weight excluding hydrogens is 733 g/mol. The van der Waals surface area contributed by atoms with Crippen LogP contribution in [0.2, 0.25) is 0 Å². The highest BCUT2D eigenvalue weighted by atomic mass is 16.3. The third kappa shape index (κ3) is 5.59. The molecule has 3 heterocycles. The minimum atomic E-state index is 0.588. The Labute approximate surface area is 345 Å². The summed E-state index contributed by atoms with van der Waals surface area (Å²) in [6.45, 7) is 0. The molecule has 0 spiro atoms. The lowest BCUT2D eigenvalue weighted by atomic mass is 9.92. The first-order valence-electron chi connectivity index (χ1n) is 20.2. The first kappa shape index (κ1) is 33.9. The van der Waals surface area contributed by atoms with Crippen LogP contribution in [0, 0.1) is 0 Å². The number of hydrogen-bond acceptors (Lipinski definition) is 4. The minimum absolute atomic E-state index is 0.588. The van der Waals surface area contributed by atoms with Crippen LogP contribution in [0.3, 0.4) is 0 Å². The quantitative estimate of drug-likeness (QED) is 0.169. The van der Waals surface area contributed by atoms with Gasteiger partial charge in [0.25, 0.3) is 0 Å². The van der Waals surface area contributed by atoms with Crippen LogP contribution < -0.4 is 0 Å². The van der Waals surface area contributed by atoms with E-state index in [0.29, 0.717) is 17.5 Å². The number of para-hydroxylation sites is 2. The molecule has 5 heteroatoms. The van der Waals surface area contributed by atoms with E-state index in [4.69, 9.17) is 19.4 Å². The molecule has 60 heavy (non-hydrogen) atoms. The maximum atomic E-state index is 6.21. The molecule has 0 atom stereocenters. The molecule has 5 nitrogen and oxygen atoms in total. The van der Waals surface area contributed by atoms with E-state index in [9.17, 15) is 0 Å². The lowest BCUT2D eigenvalue weighted by Crippen LogP contribution is -2.04. The predicted molar refractivity (Wildman–Crippen MR) is 246 cm³/mol. The van der Waals surface area contributed by atoms with Crippen molar-refractivity contribution in [3.05, 3.63) is 206 Å². The number of furan rings is 1. The van der Waals surface area contributed by atoms with E-state index in [-0.39, 0.29) is 0 Å². The van der Waals surface area contributed by atoms with Crippen LogP contribution in [0.25, 0.3) is 117 Å². The van der Waals surface area contributed by atoms with Gasteiger partial charge in [0.2, 0.25) is 0 Å². The fourth-order valence-electron chi connectivity index (χ4n) is 8.79. The molecule has 0 N–H and O–H groups in total. The summed E-state index contributed by atoms with van der Waals surface area (Å²) in [5, 5.41) is 6.91. The standard InChI is InChI=1S/C55H34N4O/c1-4-16-35(17-5-1)43-34-50(59-48-26-14-12-24-41(48)45-30-38-22-10-11-23-39(38)32-49(45)59)44(36-18-6-2-7-19-36)33-47(43)55-57-53(37-20-8-3-9-21-37)56-54(58-55)40-28-29-52-46(31-40)42-25-13-15-27-51(42)60-52/h1-34H. The molecule has 0 fully saturated rings. The zero-order valence-electron chi connectivity index (χ0n) is 32.3. The number of benzene rings is 9. The van der Waals surface area contributed by atoms with Gasteiger partial charge >= 0.3 is 0 Å². The summed E-state index contributed by atoms with van der Waals surface area (Å²) in [4.78, 5) is 15.8. The zero-order valence-corrected chi connectivity index (χ0v) is 32.3. The van der Waals surface area contributed by atoms with E-state index in [0.717, 1.165) is 77.6 Å². The molecule has 0 aliphatic carbocycles. The molecule has 12 aromatic rings. The van der Waals surface area contributed by atoms with Crippen LogP contribution in [-0.2, 0) is 0 Å². The van der Waals surface area contributed by atoms with Crippen LogP contribution in [0.4, 0.5) is 0 Å². The summed E-state index contributed by atoms with van der Waals surface area (Å²) in [5.74, 6) is 1.78. The molecule has 0 aliphatic heterocycles. The van der Waals surface area contributed by atoms with Gasteiger partial charge in [-0.15, -0.1) is 0 Å². The molecule has 0 bridgehead atoms. The Bertz CT molecular complexity index is 3590. The lowest BCUT2D eigenvalue weighted by Gasteiger charge is -2.20. The fourth-order valence-corrected chi connectivity index (χ4v) is 8.79. The first-order chi connectivity index (χ1) is 29.7. The van der Waals surface area contributed by atoms with Crippen molar-refractivity contribution in [2.45, 2.75) is 0 Å². The molecule has 0 amide bonds. The fraction of sp³-hybridized carbons (Fsp3) is 0. The Kier molecular flexibility index (Phi) is 7.78. The molecule has 0 radical (unpaired) electrons. The molecule has 280 valence electrons. The number of fused-ring (bicyclic) bond motifs is 7. The molecule has 0 saturated heterocycles. The third-order valence-corrected chi connectivity index (χ3v) is 11.6. The van der Waals surface area contributed by atoms with Crippen LogP contribution in [0.15, 0.2) is 211 Å². The second-order valence-corrected chi connectivity index (χ2v) is 15.2. The highest BCUT2D eigenvalue weighted by Gasteiger charge is 2.23. The lowest BCUT2D eigenvalue weighted by molar-refractivity contribution is 0.669. The van der Waals surface area contributed by atoms with Crippen molar-refractivity contribution in [1.82, 2.24) is 19.5 Å². The Morgan fingerprint density at radius 1 is 0.317 bits per heavy atom. The Morgan fingerprint density at radius 2 is 0.883 bits per heavy atom. The van der Waals surface area contributed by atoms with Crippen LogP contribution >= 0.6 is 0 Å². The maximum Gasteiger partial charge on any atom is 0.164 e. The van der Waals surface area contributed by atoms with Crippen molar-refractivity contribution < 1.29 is 4.42 Å². The highest BCUT2D eigenvalue weighted by Crippen LogP contribution is 2.43. The van der Waals surface area contributed by atoms with Gasteiger partial charge in [-0.3, -0.25) is 0 Å². The Morgan fingerprint density at radius 3 is 1.63 bits per heavy atom. The average molecular weight is 767 g/mol. The molecule has 0 unspecified atom stereocenters. The van der Waals surface area contributed by atoms with Crippen molar-refractivity contribution in [2.24, 2.45) is 0 Å². The van der Waals surface area contributed by atoms with Gasteiger partial charge in [0, 0.05) is 43.8 Å². The second kappa shape index (κ2) is 13.8. The molecule has 12 rings (SSSR count). The maximum absolute atomic E-state index is 6.21. The van der Waals surface area contributed by atoms with E-state index in [2.05, 4.69) is 162 Å². The molecule has 3 aromatic heterocycles. The number of aromatic nitrogens is 4. The van der Waals surface area contributed by atoms with E-state index in [1.165, 1.54) is 21.5 Å². The largest absolute Gasteiger partial charge is 0.456 e. The molecule has 9 aromatic carbocycles. The van der Waals surface area contributed by atoms with E-state index >= 15 is 0 Å². The SMILES string of the molecule is c1ccc(-c2nc(-c3ccc4oc5ccccc5c4c3)nc(-c3cc(-c4ccccc4)c(-n4c5ccccc5c5cc6ccccc6cc54)cc3-c3ccccc3)n2)cc1. The Hall–Kier alpha value is -8.15. The van der Waals surface area contributed by atoms with Crippen LogP contribution in [0.1, 0.15) is 0 Å². The molecular formula is C55H34N4O. The van der Waals surface area contributed by atoms with Crippen LogP contribution in [-0.4, -0.2) is 19.5 Å². The normalized spacial score (nSPS) is 11.7. The third-order valence-electron chi connectivity index (χ3n) is 11.6. The average Bonchev–Trinajstić information content (AvgIpc) is 3.86. The Balaban J connectivity index is 1.17. The van der Waals surface area contributed by atoms with Gasteiger partial charge in [0.15, 0.2) is 17.5 Å². The molecule has 0 aliphatic rings. The van der Waals surface area contributed by atoms with Gasteiger partial charge in [-0.2, -0.15) is 0 Å². The van der Waals surface area contributed by atoms with Crippen molar-refractivity contribution in [1.29, 1.82) is 0 Å². The topological polar surface area (TPSA) is 56.7 Å². The second-order valence-electron chi connectivity index (χ2n) is 15.2. The van der Waals surface area contributed by atoms with Gasteiger partial charge < -0.3 is 8.98 Å². The van der Waals surface area contributed by atoms with Crippen LogP contribution in [0.5, 0.6) is 0 Å². The van der Waals surface area contributed by atoms with Crippen molar-refractivity contribution >= 4 is 54.5 Å². The monoisotopic (exact) mass is 766 g/mol. The van der Waals surface area contributed by atoms with Gasteiger partial charge in [-0.1, -0.05) is 152 Å². The molecule has 0 saturated carbocycles. The van der Waals surface area contributed by atoms with E-state index in [1.54, 1.807) is 0 Å². The van der Waals surface area contributed by atoms with Gasteiger partial charge in [-0.05, 0) is 82.1 Å². The van der Waals surface area contributed by atoms with E-state index < -0.39 is 0 Å². The smallest absolute Gasteiger partial charge is 0.164 e. The highest BCUT2D eigenvalue weighted by molar-refractivity contribution is 6.14. The first-order valence-corrected chi connectivity index (χ1v) is 20.2. The number of rotatable bonds is 6. The van der Waals surface area contributed by atoms with Gasteiger partial charge in [-0.25, -0.2) is 15.0 Å². The minimum Gasteiger partial charge on any atom is -0.456 e. The summed E-state index contributed by atoms with van der Waals surface area (Å²) >= 11 is 0. The van der Waals surface area contributed by atoms with Crippen molar-refractivity contribution in [3.63, 3.8) is 0 Å². The number of nitrogens with zero attached hydrogens (tertiary/aromatic N) is 4. The summed E-state index contributed by atoms with van der Waals surface area (Å²) in [7, 11) is 0. The summed E-state index contributed by atoms with van der Waals surface area (Å²) in [6.07, 6.45) is 0.